The molecule has 20 heavy (non-hydrogen) atoms. The summed E-state index contributed by atoms with van der Waals surface area (Å²) in [6.45, 7) is 3.17. The normalized spacial score (nSPS) is 16.5. The van der Waals surface area contributed by atoms with Crippen LogP contribution in [0.15, 0.2) is 24.3 Å². The summed E-state index contributed by atoms with van der Waals surface area (Å²) in [7, 11) is 0. The SMILES string of the molecule is Cc1cc(NCC2CCCCC2)nc2cc(Cl)ccc12. The van der Waals surface area contributed by atoms with Gasteiger partial charge in [-0.3, -0.25) is 0 Å². The van der Waals surface area contributed by atoms with Crippen LogP contribution in [0.4, 0.5) is 5.82 Å². The highest BCUT2D eigenvalue weighted by Crippen LogP contribution is 2.26. The van der Waals surface area contributed by atoms with Gasteiger partial charge >= 0.3 is 0 Å². The van der Waals surface area contributed by atoms with Crippen molar-refractivity contribution < 1.29 is 0 Å². The van der Waals surface area contributed by atoms with Crippen LogP contribution < -0.4 is 5.32 Å². The number of aromatic nitrogens is 1. The van der Waals surface area contributed by atoms with E-state index in [2.05, 4.69) is 23.3 Å². The van der Waals surface area contributed by atoms with Gasteiger partial charge in [-0.05, 0) is 49.4 Å². The second-order valence-electron chi connectivity index (χ2n) is 5.87. The van der Waals surface area contributed by atoms with Crippen LogP contribution >= 0.6 is 11.6 Å². The number of pyridine rings is 1. The van der Waals surface area contributed by atoms with Gasteiger partial charge in [0.25, 0.3) is 0 Å². The molecule has 0 saturated heterocycles. The van der Waals surface area contributed by atoms with Crippen LogP contribution in [0.2, 0.25) is 5.02 Å². The molecule has 0 spiro atoms. The van der Waals surface area contributed by atoms with Gasteiger partial charge in [0.05, 0.1) is 5.52 Å². The average molecular weight is 289 g/mol. The zero-order chi connectivity index (χ0) is 13.9. The van der Waals surface area contributed by atoms with Crippen LogP contribution in [-0.2, 0) is 0 Å². The maximum Gasteiger partial charge on any atom is 0.126 e. The number of anilines is 1. The molecule has 0 bridgehead atoms. The van der Waals surface area contributed by atoms with Crippen molar-refractivity contribution in [1.29, 1.82) is 0 Å². The van der Waals surface area contributed by atoms with Gasteiger partial charge in [-0.15, -0.1) is 0 Å². The molecule has 0 atom stereocenters. The Balaban J connectivity index is 1.77. The third-order valence-electron chi connectivity index (χ3n) is 4.28. The van der Waals surface area contributed by atoms with Gasteiger partial charge in [0, 0.05) is 17.0 Å². The molecule has 1 aliphatic carbocycles. The van der Waals surface area contributed by atoms with Crippen LogP contribution in [0.3, 0.4) is 0 Å². The number of aryl methyl sites for hydroxylation is 1. The fourth-order valence-corrected chi connectivity index (χ4v) is 3.27. The molecule has 0 radical (unpaired) electrons. The summed E-state index contributed by atoms with van der Waals surface area (Å²) in [5.41, 5.74) is 2.22. The van der Waals surface area contributed by atoms with Gasteiger partial charge in [-0.2, -0.15) is 0 Å². The Kier molecular flexibility index (Phi) is 4.11. The molecule has 0 aliphatic heterocycles. The fourth-order valence-electron chi connectivity index (χ4n) is 3.11. The van der Waals surface area contributed by atoms with Crippen molar-refractivity contribution in [3.8, 4) is 0 Å². The number of fused-ring (bicyclic) bond motifs is 1. The highest BCUT2D eigenvalue weighted by Gasteiger charge is 2.13. The molecule has 1 aliphatic rings. The molecule has 1 heterocycles. The molecular weight excluding hydrogens is 268 g/mol. The van der Waals surface area contributed by atoms with E-state index in [1.807, 2.05) is 18.2 Å². The van der Waals surface area contributed by atoms with Crippen LogP contribution in [-0.4, -0.2) is 11.5 Å². The van der Waals surface area contributed by atoms with E-state index >= 15 is 0 Å². The summed E-state index contributed by atoms with van der Waals surface area (Å²) in [5, 5.41) is 5.44. The third-order valence-corrected chi connectivity index (χ3v) is 4.51. The quantitative estimate of drug-likeness (QED) is 0.841. The maximum absolute atomic E-state index is 6.06. The monoisotopic (exact) mass is 288 g/mol. The van der Waals surface area contributed by atoms with Crippen molar-refractivity contribution >= 4 is 28.3 Å². The summed E-state index contributed by atoms with van der Waals surface area (Å²) < 4.78 is 0. The number of nitrogens with zero attached hydrogens (tertiary/aromatic N) is 1. The standard InChI is InChI=1S/C17H21ClN2/c1-12-9-17(19-11-13-5-3-2-4-6-13)20-16-10-14(18)7-8-15(12)16/h7-10,13H,2-6,11H2,1H3,(H,19,20). The summed E-state index contributed by atoms with van der Waals surface area (Å²) in [6.07, 6.45) is 6.87. The Hall–Kier alpha value is -1.28. The van der Waals surface area contributed by atoms with Gasteiger partial charge in [-0.1, -0.05) is 36.9 Å². The second kappa shape index (κ2) is 6.01. The van der Waals surface area contributed by atoms with E-state index in [1.54, 1.807) is 0 Å². The molecule has 106 valence electrons. The maximum atomic E-state index is 6.06. The number of hydrogen-bond donors (Lipinski definition) is 1. The van der Waals surface area contributed by atoms with Gasteiger partial charge < -0.3 is 5.32 Å². The number of rotatable bonds is 3. The molecule has 1 fully saturated rings. The Morgan fingerprint density at radius 1 is 1.20 bits per heavy atom. The van der Waals surface area contributed by atoms with E-state index < -0.39 is 0 Å². The Morgan fingerprint density at radius 3 is 2.80 bits per heavy atom. The number of halogens is 1. The van der Waals surface area contributed by atoms with Crippen LogP contribution in [0, 0.1) is 12.8 Å². The lowest BCUT2D eigenvalue weighted by Crippen LogP contribution is -2.17. The minimum absolute atomic E-state index is 0.744. The van der Waals surface area contributed by atoms with Crippen LogP contribution in [0.25, 0.3) is 10.9 Å². The van der Waals surface area contributed by atoms with E-state index in [0.717, 1.165) is 28.8 Å². The predicted octanol–water partition coefficient (Wildman–Crippen LogP) is 5.19. The van der Waals surface area contributed by atoms with Crippen molar-refractivity contribution in [1.82, 2.24) is 4.98 Å². The minimum atomic E-state index is 0.744. The number of benzene rings is 1. The summed E-state index contributed by atoms with van der Waals surface area (Å²) >= 11 is 6.06. The smallest absolute Gasteiger partial charge is 0.126 e. The first-order chi connectivity index (χ1) is 9.72. The highest BCUT2D eigenvalue weighted by molar-refractivity contribution is 6.31. The zero-order valence-corrected chi connectivity index (χ0v) is 12.7. The zero-order valence-electron chi connectivity index (χ0n) is 12.0. The first-order valence-corrected chi connectivity index (χ1v) is 7.91. The van der Waals surface area contributed by atoms with E-state index in [9.17, 15) is 0 Å². The number of hydrogen-bond acceptors (Lipinski definition) is 2. The third kappa shape index (κ3) is 3.06. The largest absolute Gasteiger partial charge is 0.370 e. The van der Waals surface area contributed by atoms with Gasteiger partial charge in [0.1, 0.15) is 5.82 Å². The second-order valence-corrected chi connectivity index (χ2v) is 6.31. The summed E-state index contributed by atoms with van der Waals surface area (Å²) in [5.74, 6) is 1.78. The van der Waals surface area contributed by atoms with Crippen molar-refractivity contribution in [2.24, 2.45) is 5.92 Å². The molecule has 1 saturated carbocycles. The summed E-state index contributed by atoms with van der Waals surface area (Å²) in [4.78, 5) is 4.69. The first kappa shape index (κ1) is 13.7. The van der Waals surface area contributed by atoms with E-state index in [0.29, 0.717) is 0 Å². The van der Waals surface area contributed by atoms with Gasteiger partial charge in [0.15, 0.2) is 0 Å². The predicted molar refractivity (Wildman–Crippen MR) is 86.6 cm³/mol. The van der Waals surface area contributed by atoms with Crippen molar-refractivity contribution in [2.45, 2.75) is 39.0 Å². The van der Waals surface area contributed by atoms with E-state index in [-0.39, 0.29) is 0 Å². The van der Waals surface area contributed by atoms with Gasteiger partial charge in [0.2, 0.25) is 0 Å². The Morgan fingerprint density at radius 2 is 2.00 bits per heavy atom. The molecule has 1 aromatic carbocycles. The van der Waals surface area contributed by atoms with Crippen molar-refractivity contribution in [2.75, 3.05) is 11.9 Å². The van der Waals surface area contributed by atoms with E-state index in [1.165, 1.54) is 43.1 Å². The Labute approximate surface area is 125 Å². The number of nitrogens with one attached hydrogen (secondary N) is 1. The van der Waals surface area contributed by atoms with Crippen LogP contribution in [0.1, 0.15) is 37.7 Å². The highest BCUT2D eigenvalue weighted by atomic mass is 35.5. The Bertz CT molecular complexity index is 603. The average Bonchev–Trinajstić information content (AvgIpc) is 2.46. The van der Waals surface area contributed by atoms with Crippen molar-refractivity contribution in [3.63, 3.8) is 0 Å². The molecule has 2 nitrogen and oxygen atoms in total. The molecule has 0 amide bonds. The molecule has 0 unspecified atom stereocenters. The first-order valence-electron chi connectivity index (χ1n) is 7.53. The van der Waals surface area contributed by atoms with Gasteiger partial charge in [-0.25, -0.2) is 4.98 Å². The van der Waals surface area contributed by atoms with E-state index in [4.69, 9.17) is 11.6 Å². The molecule has 2 aromatic rings. The summed E-state index contributed by atoms with van der Waals surface area (Å²) in [6, 6.07) is 8.05. The van der Waals surface area contributed by atoms with Crippen molar-refractivity contribution in [3.05, 3.63) is 34.9 Å². The lowest BCUT2D eigenvalue weighted by atomic mass is 9.89. The molecular formula is C17H21ClN2. The molecule has 1 aromatic heterocycles. The fraction of sp³-hybridized carbons (Fsp3) is 0.471. The minimum Gasteiger partial charge on any atom is -0.370 e. The van der Waals surface area contributed by atoms with Crippen LogP contribution in [0.5, 0.6) is 0 Å². The lowest BCUT2D eigenvalue weighted by Gasteiger charge is -2.22. The topological polar surface area (TPSA) is 24.9 Å². The molecule has 3 rings (SSSR count). The lowest BCUT2D eigenvalue weighted by molar-refractivity contribution is 0.373. The molecule has 3 heteroatoms. The molecule has 1 N–H and O–H groups in total.